The maximum atomic E-state index is 6.88. The van der Waals surface area contributed by atoms with Crippen LogP contribution in [0, 0.1) is 0 Å². The summed E-state index contributed by atoms with van der Waals surface area (Å²) in [5, 5.41) is 3.45. The van der Waals surface area contributed by atoms with E-state index >= 15 is 0 Å². The summed E-state index contributed by atoms with van der Waals surface area (Å²) in [6, 6.07) is 38.9. The minimum atomic E-state index is -0.474. The molecule has 0 aromatic heterocycles. The Morgan fingerprint density at radius 3 is 1.58 bits per heavy atom. The van der Waals surface area contributed by atoms with Gasteiger partial charge in [-0.3, -0.25) is 0 Å². The fourth-order valence-electron chi connectivity index (χ4n) is 12.2. The van der Waals surface area contributed by atoms with E-state index in [2.05, 4.69) is 233 Å². The molecule has 5 aromatic rings. The molecule has 0 saturated carbocycles. The summed E-state index contributed by atoms with van der Waals surface area (Å²) >= 11 is 7.31. The summed E-state index contributed by atoms with van der Waals surface area (Å²) in [5.41, 5.74) is 14.6. The Labute approximate surface area is 445 Å². The number of anilines is 4. The van der Waals surface area contributed by atoms with E-state index in [-0.39, 0.29) is 11.0 Å². The van der Waals surface area contributed by atoms with Crippen molar-refractivity contribution >= 4 is 60.7 Å². The molecule has 0 amide bonds. The number of unbranched alkanes of at least 4 members (excludes halogenated alkanes) is 10. The minimum Gasteiger partial charge on any atom is -0.362 e. The molecule has 1 saturated heterocycles. The van der Waals surface area contributed by atoms with Crippen molar-refractivity contribution in [2.75, 3.05) is 10.2 Å². The van der Waals surface area contributed by atoms with Gasteiger partial charge in [0.2, 0.25) is 0 Å². The van der Waals surface area contributed by atoms with Gasteiger partial charge in [0.05, 0.1) is 22.4 Å². The van der Waals surface area contributed by atoms with E-state index < -0.39 is 16.8 Å². The lowest BCUT2D eigenvalue weighted by Gasteiger charge is -2.34. The van der Waals surface area contributed by atoms with E-state index in [4.69, 9.17) is 9.47 Å². The Morgan fingerprint density at radius 1 is 0.479 bits per heavy atom. The van der Waals surface area contributed by atoms with Gasteiger partial charge in [-0.05, 0) is 203 Å². The Balaban J connectivity index is 1.25. The molecule has 0 spiro atoms. The van der Waals surface area contributed by atoms with Crippen LogP contribution in [0.25, 0.3) is 17.2 Å². The molecule has 0 bridgehead atoms. The maximum Gasteiger partial charge on any atom is 0.0891 e. The number of hydrogen-bond donors (Lipinski definition) is 1. The van der Waals surface area contributed by atoms with Crippen molar-refractivity contribution < 1.29 is 9.47 Å². The monoisotopic (exact) mass is 1080 g/mol. The minimum absolute atomic E-state index is 0.130. The van der Waals surface area contributed by atoms with Crippen molar-refractivity contribution in [3.8, 4) is 11.1 Å². The summed E-state index contributed by atoms with van der Waals surface area (Å²) in [4.78, 5) is 2.48. The van der Waals surface area contributed by atoms with E-state index in [0.29, 0.717) is 0 Å². The maximum absolute atomic E-state index is 6.88. The van der Waals surface area contributed by atoms with Crippen LogP contribution in [0.15, 0.2) is 142 Å². The lowest BCUT2D eigenvalue weighted by Crippen LogP contribution is -2.26. The highest BCUT2D eigenvalue weighted by Gasteiger charge is 2.47. The van der Waals surface area contributed by atoms with Crippen LogP contribution in [0.2, 0.25) is 0 Å². The van der Waals surface area contributed by atoms with Gasteiger partial charge in [0.1, 0.15) is 0 Å². The number of ether oxygens (including phenoxy) is 2. The molecule has 6 heteroatoms. The van der Waals surface area contributed by atoms with Gasteiger partial charge in [0.25, 0.3) is 0 Å². The van der Waals surface area contributed by atoms with Crippen LogP contribution in [-0.2, 0) is 26.1 Å². The number of rotatable bonds is 21. The number of hydrogen-bond acceptors (Lipinski definition) is 4. The molecule has 5 aromatic carbocycles. The topological polar surface area (TPSA) is 33.7 Å². The van der Waals surface area contributed by atoms with Crippen molar-refractivity contribution in [3.63, 3.8) is 0 Å². The van der Waals surface area contributed by atoms with Gasteiger partial charge < -0.3 is 19.7 Å². The van der Waals surface area contributed by atoms with Crippen molar-refractivity contribution in [2.24, 2.45) is 0 Å². The van der Waals surface area contributed by atoms with E-state index in [9.17, 15) is 0 Å². The zero-order chi connectivity index (χ0) is 50.6. The molecule has 4 nitrogen and oxygen atoms in total. The van der Waals surface area contributed by atoms with Crippen LogP contribution in [-0.4, -0.2) is 11.2 Å². The molecular weight excluding hydrogens is 1000 g/mol. The van der Waals surface area contributed by atoms with E-state index in [1.807, 2.05) is 6.20 Å². The molecule has 2 heterocycles. The summed E-state index contributed by atoms with van der Waals surface area (Å²) in [7, 11) is 0. The van der Waals surface area contributed by atoms with Crippen molar-refractivity contribution in [3.05, 3.63) is 169 Å². The average Bonchev–Trinajstić information content (AvgIpc) is 3.77. The van der Waals surface area contributed by atoms with E-state index in [1.54, 1.807) is 0 Å². The molecule has 0 unspecified atom stereocenters. The molecule has 376 valence electrons. The molecule has 1 N–H and O–H groups in total. The molecule has 1 aliphatic carbocycles. The van der Waals surface area contributed by atoms with Crippen LogP contribution < -0.4 is 10.2 Å². The zero-order valence-electron chi connectivity index (χ0n) is 44.5. The van der Waals surface area contributed by atoms with Gasteiger partial charge in [-0.2, -0.15) is 0 Å². The Bertz CT molecular complexity index is 2720. The second-order valence-corrected chi connectivity index (χ2v) is 24.4. The molecule has 2 aliphatic heterocycles. The average molecular weight is 1080 g/mol. The molecular formula is C65H80Br2N2O2. The lowest BCUT2D eigenvalue weighted by atomic mass is 9.70. The molecule has 71 heavy (non-hydrogen) atoms. The number of benzene rings is 5. The SMILES string of the molecule is CCCCCCCCC1(CCCCCCCC)c2cc(\C=C3/C(=C\C=C\Nc4ccc(Br)cc4)C(C)(C)OC3(C)C)ccc2-c2ccc(N(c3ccc(Br)cc3)c3ccc4c(c3)C(C)(C)OC4(C)C)cc21. The van der Waals surface area contributed by atoms with Crippen molar-refractivity contribution in [1.82, 2.24) is 0 Å². The van der Waals surface area contributed by atoms with Gasteiger partial charge in [0, 0.05) is 43.3 Å². The number of nitrogens with zero attached hydrogens (tertiary/aromatic N) is 1. The third-order valence-corrected chi connectivity index (χ3v) is 16.6. The fourth-order valence-corrected chi connectivity index (χ4v) is 12.8. The molecule has 0 radical (unpaired) electrons. The lowest BCUT2D eigenvalue weighted by molar-refractivity contribution is -0.105. The highest BCUT2D eigenvalue weighted by atomic mass is 79.9. The van der Waals surface area contributed by atoms with Crippen LogP contribution in [0.5, 0.6) is 0 Å². The molecule has 0 atom stereocenters. The predicted molar refractivity (Wildman–Crippen MR) is 310 cm³/mol. The Hall–Kier alpha value is -4.20. The quantitative estimate of drug-likeness (QED) is 0.0743. The third kappa shape index (κ3) is 11.6. The Kier molecular flexibility index (Phi) is 16.5. The number of fused-ring (bicyclic) bond motifs is 4. The van der Waals surface area contributed by atoms with Gasteiger partial charge >= 0.3 is 0 Å². The fraction of sp³-hybridized carbons (Fsp3) is 0.446. The molecule has 3 aliphatic rings. The van der Waals surface area contributed by atoms with Crippen molar-refractivity contribution in [2.45, 2.75) is 187 Å². The molecule has 8 rings (SSSR count). The Morgan fingerprint density at radius 2 is 0.958 bits per heavy atom. The van der Waals surface area contributed by atoms with Crippen LogP contribution >= 0.6 is 31.9 Å². The second-order valence-electron chi connectivity index (χ2n) is 22.6. The number of halogens is 2. The largest absolute Gasteiger partial charge is 0.362 e. The summed E-state index contributed by atoms with van der Waals surface area (Å²) in [6.07, 6.45) is 26.4. The van der Waals surface area contributed by atoms with Gasteiger partial charge in [-0.1, -0.05) is 159 Å². The highest BCUT2D eigenvalue weighted by molar-refractivity contribution is 9.10. The van der Waals surface area contributed by atoms with Crippen LogP contribution in [0.3, 0.4) is 0 Å². The standard InChI is InChI=1S/C65H80Br2N2O2/c1-11-13-15-17-19-21-39-65(40-22-20-18-16-14-12-2)57-42-46(43-59-55(61(3,4)70-63(59,7)8)24-23-41-68-49-30-26-47(66)27-31-49)25-36-53(57)54-37-34-51(44-58(54)65)69(50-32-28-48(67)29-33-50)52-35-38-56-60(45-52)64(9,10)71-62(56,5)6/h23-38,41-45,68H,11-22,39-40H2,1-10H3/b41-23+,55-24+,59-43+. The third-order valence-electron chi connectivity index (χ3n) is 15.6. The normalized spacial score (nSPS) is 18.8. The first kappa shape index (κ1) is 53.1. The van der Waals surface area contributed by atoms with E-state index in [1.165, 1.54) is 133 Å². The van der Waals surface area contributed by atoms with Gasteiger partial charge in [0.15, 0.2) is 0 Å². The second kappa shape index (κ2) is 22.1. The van der Waals surface area contributed by atoms with E-state index in [0.717, 1.165) is 38.8 Å². The first-order valence-corrected chi connectivity index (χ1v) is 28.5. The van der Waals surface area contributed by atoms with Gasteiger partial charge in [-0.15, -0.1) is 0 Å². The van der Waals surface area contributed by atoms with Crippen LogP contribution in [0.4, 0.5) is 22.7 Å². The first-order valence-electron chi connectivity index (χ1n) is 26.9. The zero-order valence-corrected chi connectivity index (χ0v) is 47.7. The molecule has 1 fully saturated rings. The number of nitrogens with one attached hydrogen (secondary N) is 1. The number of allylic oxidation sites excluding steroid dienone is 2. The highest BCUT2D eigenvalue weighted by Crippen LogP contribution is 2.57. The summed E-state index contributed by atoms with van der Waals surface area (Å²) in [5.74, 6) is 0. The van der Waals surface area contributed by atoms with Crippen LogP contribution in [0.1, 0.15) is 187 Å². The smallest absolute Gasteiger partial charge is 0.0891 e. The predicted octanol–water partition coefficient (Wildman–Crippen LogP) is 20.5. The van der Waals surface area contributed by atoms with Gasteiger partial charge in [-0.25, -0.2) is 0 Å². The first-order chi connectivity index (χ1) is 33.9. The summed E-state index contributed by atoms with van der Waals surface area (Å²) < 4.78 is 15.7. The van der Waals surface area contributed by atoms with Crippen molar-refractivity contribution in [1.29, 1.82) is 0 Å². The summed E-state index contributed by atoms with van der Waals surface area (Å²) in [6.45, 7) is 22.3.